The number of hydrogen-bond donors (Lipinski definition) is 3. The normalized spacial score (nSPS) is 15.4. The van der Waals surface area contributed by atoms with E-state index in [-0.39, 0.29) is 32.0 Å². The van der Waals surface area contributed by atoms with Crippen LogP contribution in [-0.2, 0) is 23.3 Å². The molecular weight excluding hydrogens is 461 g/mol. The lowest BCUT2D eigenvalue weighted by atomic mass is 10.1. The standard InChI is InChI=1S/C24H52NO8P/c1-6-8-10-11-12-13-16-30-17-14-18-31-24(15-9-7-2)32-21-23(26)19-22(25(3,4)5)20-33-34(27,28)29/h22-24,26H,6-21H2,1-5H3,(H-,27,28,29)/p+1. The van der Waals surface area contributed by atoms with Crippen LogP contribution in [0.5, 0.6) is 0 Å². The quantitative estimate of drug-likeness (QED) is 0.0759. The third-order valence-electron chi connectivity index (χ3n) is 5.72. The molecule has 3 unspecified atom stereocenters. The van der Waals surface area contributed by atoms with Gasteiger partial charge in [-0.05, 0) is 25.7 Å². The minimum absolute atomic E-state index is 0.0926. The van der Waals surface area contributed by atoms with Crippen LogP contribution < -0.4 is 0 Å². The molecule has 0 aliphatic rings. The number of unbranched alkanes of at least 4 members (excludes halogenated alkanes) is 6. The van der Waals surface area contributed by atoms with Crippen molar-refractivity contribution in [1.29, 1.82) is 0 Å². The van der Waals surface area contributed by atoms with E-state index >= 15 is 0 Å². The third-order valence-corrected chi connectivity index (χ3v) is 6.21. The fraction of sp³-hybridized carbons (Fsp3) is 1.00. The number of quaternary nitrogens is 1. The van der Waals surface area contributed by atoms with Gasteiger partial charge in [0.05, 0.1) is 40.5 Å². The number of rotatable bonds is 24. The van der Waals surface area contributed by atoms with Crippen molar-refractivity contribution in [2.24, 2.45) is 0 Å². The highest BCUT2D eigenvalue weighted by molar-refractivity contribution is 7.46. The Labute approximate surface area is 207 Å². The number of aliphatic hydroxyl groups excluding tert-OH is 1. The molecule has 0 fully saturated rings. The Balaban J connectivity index is 4.23. The average molecular weight is 515 g/mol. The number of likely N-dealkylation sites (N-methyl/N-ethyl adjacent to an activating group) is 1. The summed E-state index contributed by atoms with van der Waals surface area (Å²) in [5.41, 5.74) is 0. The zero-order valence-electron chi connectivity index (χ0n) is 22.3. The predicted molar refractivity (Wildman–Crippen MR) is 134 cm³/mol. The molecule has 0 saturated carbocycles. The summed E-state index contributed by atoms with van der Waals surface area (Å²) < 4.78 is 33.6. The molecule has 0 aromatic carbocycles. The van der Waals surface area contributed by atoms with E-state index in [1.807, 2.05) is 21.1 Å². The van der Waals surface area contributed by atoms with E-state index in [0.29, 0.717) is 17.7 Å². The number of phosphoric acid groups is 1. The van der Waals surface area contributed by atoms with E-state index in [9.17, 15) is 9.67 Å². The van der Waals surface area contributed by atoms with E-state index in [2.05, 4.69) is 18.4 Å². The first-order valence-electron chi connectivity index (χ1n) is 13.0. The topological polar surface area (TPSA) is 115 Å². The third kappa shape index (κ3) is 21.2. The van der Waals surface area contributed by atoms with Crippen LogP contribution in [0.3, 0.4) is 0 Å². The molecule has 0 radical (unpaired) electrons. The second-order valence-electron chi connectivity index (χ2n) is 9.96. The number of aliphatic hydroxyl groups is 1. The number of nitrogens with zero attached hydrogens (tertiary/aromatic N) is 1. The minimum atomic E-state index is -4.56. The summed E-state index contributed by atoms with van der Waals surface area (Å²) in [5, 5.41) is 10.5. The Hall–Kier alpha value is -0.0900. The molecule has 0 aromatic heterocycles. The summed E-state index contributed by atoms with van der Waals surface area (Å²) in [6, 6.07) is -0.301. The van der Waals surface area contributed by atoms with E-state index in [0.717, 1.165) is 38.7 Å². The molecule has 3 N–H and O–H groups in total. The fourth-order valence-corrected chi connectivity index (χ4v) is 3.81. The van der Waals surface area contributed by atoms with Crippen molar-refractivity contribution in [3.05, 3.63) is 0 Å². The average Bonchev–Trinajstić information content (AvgIpc) is 2.74. The zero-order chi connectivity index (χ0) is 25.9. The van der Waals surface area contributed by atoms with Crippen molar-refractivity contribution in [2.45, 2.75) is 103 Å². The van der Waals surface area contributed by atoms with Crippen LogP contribution in [0.25, 0.3) is 0 Å². The first-order chi connectivity index (χ1) is 16.0. The first kappa shape index (κ1) is 33.9. The van der Waals surface area contributed by atoms with E-state index in [1.54, 1.807) is 0 Å². The van der Waals surface area contributed by atoms with Crippen molar-refractivity contribution in [3.63, 3.8) is 0 Å². The van der Waals surface area contributed by atoms with Crippen LogP contribution in [-0.4, -0.2) is 92.0 Å². The largest absolute Gasteiger partial charge is 0.469 e. The molecule has 9 nitrogen and oxygen atoms in total. The van der Waals surface area contributed by atoms with Crippen LogP contribution in [0.2, 0.25) is 0 Å². The highest BCUT2D eigenvalue weighted by atomic mass is 31.2. The van der Waals surface area contributed by atoms with Gasteiger partial charge >= 0.3 is 7.82 Å². The van der Waals surface area contributed by atoms with Crippen molar-refractivity contribution < 1.29 is 42.7 Å². The second kappa shape index (κ2) is 20.0. The van der Waals surface area contributed by atoms with Crippen molar-refractivity contribution in [3.8, 4) is 0 Å². The molecule has 0 bridgehead atoms. The lowest BCUT2D eigenvalue weighted by molar-refractivity contribution is -0.897. The number of phosphoric ester groups is 1. The minimum Gasteiger partial charge on any atom is -0.390 e. The van der Waals surface area contributed by atoms with Gasteiger partial charge < -0.3 is 33.6 Å². The molecule has 0 aliphatic carbocycles. The second-order valence-corrected chi connectivity index (χ2v) is 11.2. The summed E-state index contributed by atoms with van der Waals surface area (Å²) in [7, 11) is 1.11. The summed E-state index contributed by atoms with van der Waals surface area (Å²) in [5.74, 6) is 0. The maximum absolute atomic E-state index is 11.1. The molecule has 206 valence electrons. The molecule has 0 rings (SSSR count). The summed E-state index contributed by atoms with van der Waals surface area (Å²) in [6.45, 7) is 6.28. The molecule has 0 heterocycles. The summed E-state index contributed by atoms with van der Waals surface area (Å²) >= 11 is 0. The monoisotopic (exact) mass is 514 g/mol. The Bertz CT molecular complexity index is 512. The van der Waals surface area contributed by atoms with E-state index in [4.69, 9.17) is 24.0 Å². The predicted octanol–water partition coefficient (Wildman–Crippen LogP) is 4.24. The Morgan fingerprint density at radius 1 is 0.794 bits per heavy atom. The number of ether oxygens (including phenoxy) is 3. The van der Waals surface area contributed by atoms with E-state index < -0.39 is 13.9 Å². The van der Waals surface area contributed by atoms with Gasteiger partial charge in [-0.25, -0.2) is 4.57 Å². The summed E-state index contributed by atoms with van der Waals surface area (Å²) in [4.78, 5) is 18.0. The van der Waals surface area contributed by atoms with Crippen molar-refractivity contribution >= 4 is 7.82 Å². The van der Waals surface area contributed by atoms with Gasteiger partial charge in [-0.15, -0.1) is 0 Å². The molecule has 0 saturated heterocycles. The van der Waals surface area contributed by atoms with Crippen molar-refractivity contribution in [2.75, 3.05) is 54.2 Å². The molecule has 3 atom stereocenters. The molecule has 0 aromatic rings. The van der Waals surface area contributed by atoms with Gasteiger partial charge in [0.1, 0.15) is 12.6 Å². The fourth-order valence-electron chi connectivity index (χ4n) is 3.44. The van der Waals surface area contributed by atoms with Crippen LogP contribution >= 0.6 is 7.82 Å². The highest BCUT2D eigenvalue weighted by Gasteiger charge is 2.30. The van der Waals surface area contributed by atoms with Crippen LogP contribution in [0.1, 0.15) is 84.5 Å². The lowest BCUT2D eigenvalue weighted by Gasteiger charge is -2.35. The molecule has 34 heavy (non-hydrogen) atoms. The van der Waals surface area contributed by atoms with Crippen molar-refractivity contribution in [1.82, 2.24) is 0 Å². The number of hydrogen-bond acceptors (Lipinski definition) is 6. The Morgan fingerprint density at radius 3 is 2.03 bits per heavy atom. The zero-order valence-corrected chi connectivity index (χ0v) is 23.2. The van der Waals surface area contributed by atoms with Crippen LogP contribution in [0.4, 0.5) is 0 Å². The SMILES string of the molecule is CCCCCCCCOCCCOC(CCCC)OCC(O)CC(COP(=O)(O)O)[N+](C)(C)C. The van der Waals surface area contributed by atoms with Gasteiger partial charge in [-0.1, -0.05) is 52.4 Å². The van der Waals surface area contributed by atoms with Crippen LogP contribution in [0.15, 0.2) is 0 Å². The smallest absolute Gasteiger partial charge is 0.390 e. The highest BCUT2D eigenvalue weighted by Crippen LogP contribution is 2.36. The molecule has 0 aliphatic heterocycles. The van der Waals surface area contributed by atoms with Gasteiger partial charge in [0.2, 0.25) is 0 Å². The molecule has 0 amide bonds. The molecular formula is C24H53NO8P+. The maximum Gasteiger partial charge on any atom is 0.469 e. The Kier molecular flexibility index (Phi) is 20.0. The van der Waals surface area contributed by atoms with Gasteiger partial charge in [0, 0.05) is 19.6 Å². The Morgan fingerprint density at radius 2 is 1.41 bits per heavy atom. The van der Waals surface area contributed by atoms with Gasteiger partial charge in [-0.2, -0.15) is 0 Å². The van der Waals surface area contributed by atoms with Crippen LogP contribution in [0, 0.1) is 0 Å². The first-order valence-corrected chi connectivity index (χ1v) is 14.5. The van der Waals surface area contributed by atoms with E-state index in [1.165, 1.54) is 32.1 Å². The van der Waals surface area contributed by atoms with Gasteiger partial charge in [-0.3, -0.25) is 4.52 Å². The maximum atomic E-state index is 11.1. The lowest BCUT2D eigenvalue weighted by Crippen LogP contribution is -2.49. The van der Waals surface area contributed by atoms with Gasteiger partial charge in [0.15, 0.2) is 6.29 Å². The summed E-state index contributed by atoms with van der Waals surface area (Å²) in [6.07, 6.45) is 10.2. The molecule has 0 spiro atoms. The molecule has 10 heteroatoms. The van der Waals surface area contributed by atoms with Gasteiger partial charge in [0.25, 0.3) is 0 Å².